The highest BCUT2D eigenvalue weighted by Crippen LogP contribution is 2.26. The normalized spacial score (nSPS) is 11.2. The van der Waals surface area contributed by atoms with Gasteiger partial charge in [-0.1, -0.05) is 80.9 Å². The highest BCUT2D eigenvalue weighted by molar-refractivity contribution is 6.31. The van der Waals surface area contributed by atoms with Gasteiger partial charge >= 0.3 is 5.97 Å². The molecule has 3 aromatic rings. The first-order valence-electron chi connectivity index (χ1n) is 10.2. The van der Waals surface area contributed by atoms with Crippen molar-refractivity contribution in [1.82, 2.24) is 0 Å². The number of hydrogen-bond donors (Lipinski definition) is 2. The van der Waals surface area contributed by atoms with Crippen molar-refractivity contribution >= 4 is 29.2 Å². The van der Waals surface area contributed by atoms with Gasteiger partial charge < -0.3 is 10.4 Å². The molecule has 0 saturated heterocycles. The Morgan fingerprint density at radius 3 is 2.03 bits per heavy atom. The molecular formula is C26H26ClNO3. The third-order valence-electron chi connectivity index (χ3n) is 5.17. The SMILES string of the molecule is CC(C)(C)c1ccc(-c2ccc(CCC(=O)Nc3cc(Cl)ccc3C(=O)O)cc2)cc1. The average molecular weight is 436 g/mol. The van der Waals surface area contributed by atoms with E-state index in [1.807, 2.05) is 12.1 Å². The van der Waals surface area contributed by atoms with Gasteiger partial charge in [0.2, 0.25) is 5.91 Å². The first-order valence-corrected chi connectivity index (χ1v) is 10.5. The fourth-order valence-corrected chi connectivity index (χ4v) is 3.48. The Morgan fingerprint density at radius 1 is 0.903 bits per heavy atom. The van der Waals surface area contributed by atoms with Crippen molar-refractivity contribution in [2.75, 3.05) is 5.32 Å². The fraction of sp³-hybridized carbons (Fsp3) is 0.231. The van der Waals surface area contributed by atoms with Crippen molar-refractivity contribution in [2.24, 2.45) is 0 Å². The second-order valence-electron chi connectivity index (χ2n) is 8.57. The van der Waals surface area contributed by atoms with Crippen molar-refractivity contribution in [2.45, 2.75) is 39.0 Å². The minimum atomic E-state index is -1.11. The van der Waals surface area contributed by atoms with Crippen LogP contribution in [-0.4, -0.2) is 17.0 Å². The Bertz CT molecular complexity index is 1080. The summed E-state index contributed by atoms with van der Waals surface area (Å²) in [7, 11) is 0. The maximum atomic E-state index is 12.3. The Labute approximate surface area is 187 Å². The number of benzene rings is 3. The molecule has 0 atom stereocenters. The molecule has 0 unspecified atom stereocenters. The Balaban J connectivity index is 1.61. The van der Waals surface area contributed by atoms with E-state index in [9.17, 15) is 14.7 Å². The zero-order valence-corrected chi connectivity index (χ0v) is 18.7. The second-order valence-corrected chi connectivity index (χ2v) is 9.00. The molecule has 4 nitrogen and oxygen atoms in total. The van der Waals surface area contributed by atoms with Gasteiger partial charge in [-0.15, -0.1) is 0 Å². The summed E-state index contributed by atoms with van der Waals surface area (Å²) in [6.45, 7) is 6.59. The molecular weight excluding hydrogens is 410 g/mol. The number of aromatic carboxylic acids is 1. The molecule has 3 aromatic carbocycles. The molecule has 0 heterocycles. The summed E-state index contributed by atoms with van der Waals surface area (Å²) < 4.78 is 0. The minimum absolute atomic E-state index is 0.0135. The maximum absolute atomic E-state index is 12.3. The van der Waals surface area contributed by atoms with Gasteiger partial charge in [-0.2, -0.15) is 0 Å². The fourth-order valence-electron chi connectivity index (χ4n) is 3.30. The predicted octanol–water partition coefficient (Wildman–Crippen LogP) is 6.57. The summed E-state index contributed by atoms with van der Waals surface area (Å²) in [4.78, 5) is 23.6. The van der Waals surface area contributed by atoms with Gasteiger partial charge in [-0.3, -0.25) is 4.79 Å². The van der Waals surface area contributed by atoms with E-state index in [1.165, 1.54) is 23.8 Å². The minimum Gasteiger partial charge on any atom is -0.478 e. The molecule has 2 N–H and O–H groups in total. The van der Waals surface area contributed by atoms with E-state index in [1.54, 1.807) is 0 Å². The topological polar surface area (TPSA) is 66.4 Å². The molecule has 0 aromatic heterocycles. The van der Waals surface area contributed by atoms with Crippen LogP contribution < -0.4 is 5.32 Å². The summed E-state index contributed by atoms with van der Waals surface area (Å²) in [6, 6.07) is 21.0. The summed E-state index contributed by atoms with van der Waals surface area (Å²) in [5, 5.41) is 12.3. The van der Waals surface area contributed by atoms with Gasteiger partial charge in [0.25, 0.3) is 0 Å². The number of halogens is 1. The van der Waals surface area contributed by atoms with Crippen molar-refractivity contribution in [1.29, 1.82) is 0 Å². The van der Waals surface area contributed by atoms with Crippen LogP contribution in [0.1, 0.15) is 48.7 Å². The number of aryl methyl sites for hydroxylation is 1. The van der Waals surface area contributed by atoms with Crippen LogP contribution in [0.3, 0.4) is 0 Å². The van der Waals surface area contributed by atoms with Crippen LogP contribution in [0, 0.1) is 0 Å². The van der Waals surface area contributed by atoms with Crippen LogP contribution >= 0.6 is 11.6 Å². The monoisotopic (exact) mass is 435 g/mol. The van der Waals surface area contributed by atoms with Crippen molar-refractivity contribution in [3.8, 4) is 11.1 Å². The summed E-state index contributed by atoms with van der Waals surface area (Å²) in [5.41, 5.74) is 4.95. The number of carboxylic acids is 1. The lowest BCUT2D eigenvalue weighted by Gasteiger charge is -2.19. The lowest BCUT2D eigenvalue weighted by molar-refractivity contribution is -0.116. The third-order valence-corrected chi connectivity index (χ3v) is 5.40. The molecule has 0 fully saturated rings. The molecule has 0 bridgehead atoms. The second kappa shape index (κ2) is 9.36. The number of carbonyl (C=O) groups is 2. The van der Waals surface area contributed by atoms with Crippen molar-refractivity contribution < 1.29 is 14.7 Å². The molecule has 0 spiro atoms. The molecule has 0 aliphatic carbocycles. The van der Waals surface area contributed by atoms with Gasteiger partial charge in [0.05, 0.1) is 11.3 Å². The van der Waals surface area contributed by atoms with E-state index >= 15 is 0 Å². The van der Waals surface area contributed by atoms with Crippen LogP contribution in [0.15, 0.2) is 66.7 Å². The van der Waals surface area contributed by atoms with Gasteiger partial charge in [0, 0.05) is 11.4 Å². The van der Waals surface area contributed by atoms with Crippen LogP contribution in [-0.2, 0) is 16.6 Å². The van der Waals surface area contributed by atoms with E-state index < -0.39 is 5.97 Å². The molecule has 31 heavy (non-hydrogen) atoms. The van der Waals surface area contributed by atoms with E-state index in [2.05, 4.69) is 62.5 Å². The lowest BCUT2D eigenvalue weighted by Crippen LogP contribution is -2.15. The number of carbonyl (C=O) groups excluding carboxylic acids is 1. The highest BCUT2D eigenvalue weighted by atomic mass is 35.5. The van der Waals surface area contributed by atoms with Gasteiger partial charge in [0.1, 0.15) is 0 Å². The van der Waals surface area contributed by atoms with Crippen molar-refractivity contribution in [3.63, 3.8) is 0 Å². The Hall–Kier alpha value is -3.11. The largest absolute Gasteiger partial charge is 0.478 e. The first kappa shape index (κ1) is 22.6. The number of carboxylic acid groups (broad SMARTS) is 1. The molecule has 0 radical (unpaired) electrons. The van der Waals surface area contributed by atoms with Gasteiger partial charge in [-0.25, -0.2) is 4.79 Å². The highest BCUT2D eigenvalue weighted by Gasteiger charge is 2.14. The van der Waals surface area contributed by atoms with E-state index in [0.717, 1.165) is 16.7 Å². The number of amides is 1. The quantitative estimate of drug-likeness (QED) is 0.459. The van der Waals surface area contributed by atoms with Crippen LogP contribution in [0.4, 0.5) is 5.69 Å². The lowest BCUT2D eigenvalue weighted by atomic mass is 9.86. The van der Waals surface area contributed by atoms with Crippen LogP contribution in [0.5, 0.6) is 0 Å². The molecule has 0 aliphatic rings. The zero-order chi connectivity index (χ0) is 22.6. The van der Waals surface area contributed by atoms with E-state index in [0.29, 0.717) is 11.4 Å². The molecule has 3 rings (SSSR count). The van der Waals surface area contributed by atoms with E-state index in [-0.39, 0.29) is 29.0 Å². The third kappa shape index (κ3) is 5.96. The molecule has 5 heteroatoms. The van der Waals surface area contributed by atoms with Crippen LogP contribution in [0.2, 0.25) is 5.02 Å². The summed E-state index contributed by atoms with van der Waals surface area (Å²) in [5.74, 6) is -1.37. The molecule has 0 aliphatic heterocycles. The Kier molecular flexibility index (Phi) is 6.81. The number of anilines is 1. The summed E-state index contributed by atoms with van der Waals surface area (Å²) in [6.07, 6.45) is 0.795. The number of rotatable bonds is 6. The van der Waals surface area contributed by atoms with Crippen LogP contribution in [0.25, 0.3) is 11.1 Å². The molecule has 0 saturated carbocycles. The maximum Gasteiger partial charge on any atom is 0.337 e. The average Bonchev–Trinajstić information content (AvgIpc) is 2.72. The Morgan fingerprint density at radius 2 is 1.48 bits per heavy atom. The van der Waals surface area contributed by atoms with Crippen molar-refractivity contribution in [3.05, 3.63) is 88.4 Å². The number of hydrogen-bond acceptors (Lipinski definition) is 2. The van der Waals surface area contributed by atoms with E-state index in [4.69, 9.17) is 11.6 Å². The standard InChI is InChI=1S/C26H26ClNO3/c1-26(2,3)20-11-9-19(10-12-20)18-7-4-17(5-8-18)6-15-24(29)28-23-16-21(27)13-14-22(23)25(30)31/h4-5,7-14,16H,6,15H2,1-3H3,(H,28,29)(H,30,31). The van der Waals surface area contributed by atoms with Gasteiger partial charge in [0.15, 0.2) is 0 Å². The predicted molar refractivity (Wildman–Crippen MR) is 126 cm³/mol. The first-order chi connectivity index (χ1) is 14.6. The molecule has 1 amide bonds. The number of nitrogens with one attached hydrogen (secondary N) is 1. The summed E-state index contributed by atoms with van der Waals surface area (Å²) >= 11 is 5.93. The molecule has 160 valence electrons. The van der Waals surface area contributed by atoms with Gasteiger partial charge in [-0.05, 0) is 52.3 Å². The smallest absolute Gasteiger partial charge is 0.337 e. The zero-order valence-electron chi connectivity index (χ0n) is 17.9.